The quantitative estimate of drug-likeness (QED) is 0.509. The van der Waals surface area contributed by atoms with Gasteiger partial charge >= 0.3 is 6.03 Å². The molecule has 2 amide bonds. The number of imidazole rings is 1. The molecule has 0 saturated heterocycles. The molecule has 0 aliphatic heterocycles. The molecular formula is C12H20N4O2. The first-order valence-corrected chi connectivity index (χ1v) is 6.41. The molecule has 1 fully saturated rings. The summed E-state index contributed by atoms with van der Waals surface area (Å²) in [6.07, 6.45) is 9.56. The van der Waals surface area contributed by atoms with Crippen LogP contribution in [0, 0.1) is 5.92 Å². The third kappa shape index (κ3) is 3.73. The van der Waals surface area contributed by atoms with Crippen LogP contribution in [-0.2, 0) is 4.84 Å². The maximum atomic E-state index is 10.5. The van der Waals surface area contributed by atoms with Crippen molar-refractivity contribution < 1.29 is 9.63 Å². The minimum Gasteiger partial charge on any atom is -0.350 e. The second-order valence-corrected chi connectivity index (χ2v) is 4.84. The Labute approximate surface area is 106 Å². The average molecular weight is 252 g/mol. The van der Waals surface area contributed by atoms with Crippen LogP contribution < -0.4 is 11.2 Å². The third-order valence-electron chi connectivity index (χ3n) is 3.54. The maximum Gasteiger partial charge on any atom is 0.336 e. The van der Waals surface area contributed by atoms with E-state index in [1.165, 1.54) is 19.3 Å². The number of urea groups is 1. The van der Waals surface area contributed by atoms with E-state index in [-0.39, 0.29) is 0 Å². The summed E-state index contributed by atoms with van der Waals surface area (Å²) in [6.45, 7) is 0.458. The van der Waals surface area contributed by atoms with Gasteiger partial charge in [0.2, 0.25) is 0 Å². The number of nitrogens with zero attached hydrogens (tertiary/aromatic N) is 1. The van der Waals surface area contributed by atoms with E-state index >= 15 is 0 Å². The zero-order chi connectivity index (χ0) is 12.8. The van der Waals surface area contributed by atoms with Gasteiger partial charge in [-0.25, -0.2) is 15.3 Å². The largest absolute Gasteiger partial charge is 0.350 e. The van der Waals surface area contributed by atoms with Crippen LogP contribution in [0.15, 0.2) is 12.5 Å². The van der Waals surface area contributed by atoms with E-state index in [2.05, 4.69) is 15.4 Å². The summed E-state index contributed by atoms with van der Waals surface area (Å²) >= 11 is 0. The summed E-state index contributed by atoms with van der Waals surface area (Å²) in [5.41, 5.74) is 8.21. The Balaban J connectivity index is 1.78. The minimum absolute atomic E-state index is 0.410. The van der Waals surface area contributed by atoms with Crippen molar-refractivity contribution in [2.75, 3.05) is 6.61 Å². The van der Waals surface area contributed by atoms with Gasteiger partial charge in [0, 0.05) is 17.8 Å². The molecule has 18 heavy (non-hydrogen) atoms. The van der Waals surface area contributed by atoms with E-state index in [4.69, 9.17) is 10.6 Å². The number of hydrogen-bond donors (Lipinski definition) is 3. The van der Waals surface area contributed by atoms with Crippen LogP contribution in [0.1, 0.15) is 43.7 Å². The first kappa shape index (κ1) is 12.9. The molecule has 0 aromatic carbocycles. The summed E-state index contributed by atoms with van der Waals surface area (Å²) in [5.74, 6) is 1.23. The van der Waals surface area contributed by atoms with Gasteiger partial charge in [0.25, 0.3) is 0 Å². The lowest BCUT2D eigenvalue weighted by Gasteiger charge is -2.29. The number of rotatable bonds is 7. The van der Waals surface area contributed by atoms with Gasteiger partial charge in [-0.15, -0.1) is 0 Å². The monoisotopic (exact) mass is 252 g/mol. The Morgan fingerprint density at radius 2 is 2.50 bits per heavy atom. The highest BCUT2D eigenvalue weighted by Crippen LogP contribution is 2.36. The van der Waals surface area contributed by atoms with Crippen molar-refractivity contribution in [1.29, 1.82) is 0 Å². The molecule has 0 radical (unpaired) electrons. The molecule has 6 nitrogen and oxygen atoms in total. The summed E-state index contributed by atoms with van der Waals surface area (Å²) in [7, 11) is 0. The standard InChI is InChI=1S/C12H20N4O2/c13-12(17)16-18-5-4-10(6-9-2-1-3-9)11-7-14-8-15-11/h7-10H,1-6H2,(H,14,15)(H3,13,16,17). The summed E-state index contributed by atoms with van der Waals surface area (Å²) < 4.78 is 0. The van der Waals surface area contributed by atoms with Gasteiger partial charge < -0.3 is 10.7 Å². The summed E-state index contributed by atoms with van der Waals surface area (Å²) in [6, 6.07) is -0.660. The lowest BCUT2D eigenvalue weighted by atomic mass is 9.77. The van der Waals surface area contributed by atoms with Crippen LogP contribution in [-0.4, -0.2) is 22.6 Å². The molecule has 1 atom stereocenters. The zero-order valence-corrected chi connectivity index (χ0v) is 10.4. The van der Waals surface area contributed by atoms with Crippen molar-refractivity contribution in [1.82, 2.24) is 15.4 Å². The molecule has 1 unspecified atom stereocenters. The first-order valence-electron chi connectivity index (χ1n) is 6.41. The van der Waals surface area contributed by atoms with Crippen LogP contribution in [0.4, 0.5) is 4.79 Å². The van der Waals surface area contributed by atoms with E-state index in [0.29, 0.717) is 12.5 Å². The van der Waals surface area contributed by atoms with Crippen molar-refractivity contribution >= 4 is 6.03 Å². The number of carbonyl (C=O) groups is 1. The Kier molecular flexibility index (Phi) is 4.58. The number of hydroxylamine groups is 1. The van der Waals surface area contributed by atoms with Crippen molar-refractivity contribution in [2.45, 2.75) is 38.0 Å². The number of primary amides is 1. The molecule has 2 rings (SSSR count). The number of amides is 2. The molecule has 1 heterocycles. The fourth-order valence-corrected chi connectivity index (χ4v) is 2.34. The highest BCUT2D eigenvalue weighted by Gasteiger charge is 2.23. The fourth-order valence-electron chi connectivity index (χ4n) is 2.34. The second kappa shape index (κ2) is 6.39. The van der Waals surface area contributed by atoms with Gasteiger partial charge in [-0.2, -0.15) is 0 Å². The van der Waals surface area contributed by atoms with Gasteiger partial charge in [0.1, 0.15) is 0 Å². The number of nitrogens with two attached hydrogens (primary N) is 1. The molecule has 100 valence electrons. The molecule has 1 aliphatic rings. The zero-order valence-electron chi connectivity index (χ0n) is 10.4. The third-order valence-corrected chi connectivity index (χ3v) is 3.54. The van der Waals surface area contributed by atoms with Gasteiger partial charge in [-0.05, 0) is 18.8 Å². The number of aromatic amines is 1. The highest BCUT2D eigenvalue weighted by atomic mass is 16.7. The Morgan fingerprint density at radius 3 is 3.06 bits per heavy atom. The van der Waals surface area contributed by atoms with E-state index < -0.39 is 6.03 Å². The topological polar surface area (TPSA) is 93.0 Å². The van der Waals surface area contributed by atoms with Gasteiger partial charge in [-0.1, -0.05) is 19.3 Å². The van der Waals surface area contributed by atoms with E-state index in [1.54, 1.807) is 6.33 Å². The predicted octanol–water partition coefficient (Wildman–Crippen LogP) is 1.67. The van der Waals surface area contributed by atoms with E-state index in [1.807, 2.05) is 6.20 Å². The number of H-pyrrole nitrogens is 1. The van der Waals surface area contributed by atoms with Crippen LogP contribution >= 0.6 is 0 Å². The summed E-state index contributed by atoms with van der Waals surface area (Å²) in [4.78, 5) is 22.7. The summed E-state index contributed by atoms with van der Waals surface area (Å²) in [5, 5.41) is 0. The van der Waals surface area contributed by atoms with E-state index in [9.17, 15) is 4.79 Å². The van der Waals surface area contributed by atoms with Crippen LogP contribution in [0.3, 0.4) is 0 Å². The first-order chi connectivity index (χ1) is 8.75. The number of carbonyl (C=O) groups excluding carboxylic acids is 1. The van der Waals surface area contributed by atoms with Gasteiger partial charge in [0.15, 0.2) is 0 Å². The number of nitrogens with one attached hydrogen (secondary N) is 2. The maximum absolute atomic E-state index is 10.5. The molecule has 1 aliphatic carbocycles. The normalized spacial score (nSPS) is 17.1. The lowest BCUT2D eigenvalue weighted by molar-refractivity contribution is 0.0573. The smallest absolute Gasteiger partial charge is 0.336 e. The number of aromatic nitrogens is 2. The molecule has 0 spiro atoms. The Morgan fingerprint density at radius 1 is 1.67 bits per heavy atom. The molecule has 1 aromatic rings. The molecule has 1 saturated carbocycles. The molecule has 1 aromatic heterocycles. The Bertz CT molecular complexity index is 362. The fraction of sp³-hybridized carbons (Fsp3) is 0.667. The Hall–Kier alpha value is -1.56. The van der Waals surface area contributed by atoms with Crippen LogP contribution in [0.2, 0.25) is 0 Å². The van der Waals surface area contributed by atoms with Crippen LogP contribution in [0.5, 0.6) is 0 Å². The highest BCUT2D eigenvalue weighted by molar-refractivity contribution is 5.70. The molecular weight excluding hydrogens is 232 g/mol. The van der Waals surface area contributed by atoms with Crippen LogP contribution in [0.25, 0.3) is 0 Å². The lowest BCUT2D eigenvalue weighted by Crippen LogP contribution is -2.30. The second-order valence-electron chi connectivity index (χ2n) is 4.84. The van der Waals surface area contributed by atoms with E-state index in [0.717, 1.165) is 24.5 Å². The minimum atomic E-state index is -0.660. The number of hydrogen-bond acceptors (Lipinski definition) is 3. The van der Waals surface area contributed by atoms with Crippen molar-refractivity contribution in [2.24, 2.45) is 11.7 Å². The van der Waals surface area contributed by atoms with Crippen molar-refractivity contribution in [3.05, 3.63) is 18.2 Å². The van der Waals surface area contributed by atoms with Crippen molar-refractivity contribution in [3.63, 3.8) is 0 Å². The molecule has 6 heteroatoms. The average Bonchev–Trinajstić information content (AvgIpc) is 2.78. The predicted molar refractivity (Wildman–Crippen MR) is 66.6 cm³/mol. The molecule has 4 N–H and O–H groups in total. The van der Waals surface area contributed by atoms with Gasteiger partial charge in [-0.3, -0.25) is 4.84 Å². The SMILES string of the molecule is NC(=O)NOCCC(CC1CCC1)c1cnc[nH]1. The van der Waals surface area contributed by atoms with Crippen molar-refractivity contribution in [3.8, 4) is 0 Å². The molecule has 0 bridgehead atoms. The van der Waals surface area contributed by atoms with Gasteiger partial charge in [0.05, 0.1) is 12.9 Å².